The van der Waals surface area contributed by atoms with Crippen LogP contribution in [0.1, 0.15) is 110 Å². The first-order valence-electron chi connectivity index (χ1n) is 23.7. The molecule has 3 saturated heterocycles. The number of carbonyl (C=O) groups is 8. The fourth-order valence-corrected chi connectivity index (χ4v) is 9.65. The normalized spacial score (nSPS) is 28.2. The number of benzene rings is 2. The van der Waals surface area contributed by atoms with E-state index in [0.717, 1.165) is 17.5 Å². The first-order valence-corrected chi connectivity index (χ1v) is 23.7. The van der Waals surface area contributed by atoms with E-state index >= 15 is 0 Å². The van der Waals surface area contributed by atoms with Crippen LogP contribution < -0.4 is 31.9 Å². The summed E-state index contributed by atoms with van der Waals surface area (Å²) in [6, 6.07) is 11.0. The maximum atomic E-state index is 14.7. The number of nitrogens with zero attached hydrogens (tertiary/aromatic N) is 2. The van der Waals surface area contributed by atoms with E-state index in [0.29, 0.717) is 44.9 Å². The van der Waals surface area contributed by atoms with E-state index in [1.165, 1.54) is 16.7 Å². The molecule has 352 valence electrons. The van der Waals surface area contributed by atoms with Gasteiger partial charge in [0.25, 0.3) is 0 Å². The predicted octanol–water partition coefficient (Wildman–Crippen LogP) is 2.43. The van der Waals surface area contributed by atoms with Crippen LogP contribution in [-0.4, -0.2) is 118 Å². The van der Waals surface area contributed by atoms with Gasteiger partial charge in [-0.05, 0) is 68.4 Å². The van der Waals surface area contributed by atoms with Gasteiger partial charge in [0, 0.05) is 25.9 Å². The van der Waals surface area contributed by atoms with Crippen molar-refractivity contribution in [2.75, 3.05) is 13.1 Å². The van der Waals surface area contributed by atoms with Crippen molar-refractivity contribution in [1.29, 1.82) is 0 Å². The molecule has 0 aromatic heterocycles. The van der Waals surface area contributed by atoms with Gasteiger partial charge in [-0.1, -0.05) is 114 Å². The van der Waals surface area contributed by atoms with Crippen LogP contribution in [0.25, 0.3) is 0 Å². The largest absolute Gasteiger partial charge is 0.343 e. The number of nitrogens with one attached hydrogen (secondary N) is 6. The van der Waals surface area contributed by atoms with E-state index in [2.05, 4.69) is 31.9 Å². The summed E-state index contributed by atoms with van der Waals surface area (Å²) in [6.07, 6.45) is 5.09. The Hall–Kier alpha value is -5.80. The second-order valence-corrected chi connectivity index (χ2v) is 18.8. The molecule has 1 saturated carbocycles. The second kappa shape index (κ2) is 21.9. The van der Waals surface area contributed by atoms with E-state index in [-0.39, 0.29) is 56.5 Å². The smallest absolute Gasteiger partial charge is 0.246 e. The average Bonchev–Trinajstić information content (AvgIpc) is 4.01. The van der Waals surface area contributed by atoms with Crippen LogP contribution in [0.2, 0.25) is 0 Å². The molecular formula is C49H68N8O8. The fraction of sp³-hybridized carbons (Fsp3) is 0.592. The summed E-state index contributed by atoms with van der Waals surface area (Å²) < 4.78 is 0. The Balaban J connectivity index is 1.39. The van der Waals surface area contributed by atoms with Crippen molar-refractivity contribution < 1.29 is 38.4 Å². The molecule has 3 aliphatic heterocycles. The third-order valence-corrected chi connectivity index (χ3v) is 13.8. The number of hydrogen-bond donors (Lipinski definition) is 6. The standard InChI is InChI=1S/C49H68N8O8/c1-6-31(4)40-45(62)50-32(5)41(58)53-39(30(2)3)47(64)57-27-17-23-38(57)46(63)56-26-16-22-37(56)44(61)52-35(28-33-18-10-7-11-19-33)42(59)51-36(29-34-20-12-8-13-21-34)43(60)55-49(48(65)54-40)24-14-9-15-25-49/h7-8,10-13,18-21,30-32,35-40H,6,9,14-17,22-29H2,1-5H3,(H,50,62)(H,51,59)(H,52,61)(H,53,58)(H,54,65)(H,55,60)/t31-,32+,35-,36-,37-,38-,39-,40-/m0/s1. The van der Waals surface area contributed by atoms with E-state index in [1.807, 2.05) is 74.5 Å². The fourth-order valence-electron chi connectivity index (χ4n) is 9.65. The number of rotatable bonds is 7. The van der Waals surface area contributed by atoms with Crippen LogP contribution >= 0.6 is 0 Å². The van der Waals surface area contributed by atoms with E-state index < -0.39 is 89.2 Å². The predicted molar refractivity (Wildman–Crippen MR) is 243 cm³/mol. The monoisotopic (exact) mass is 897 g/mol. The zero-order chi connectivity index (χ0) is 46.8. The molecule has 6 N–H and O–H groups in total. The molecule has 16 heteroatoms. The van der Waals surface area contributed by atoms with Gasteiger partial charge in [-0.3, -0.25) is 38.4 Å². The molecule has 6 rings (SSSR count). The van der Waals surface area contributed by atoms with Gasteiger partial charge in [0.15, 0.2) is 0 Å². The minimum Gasteiger partial charge on any atom is -0.343 e. The first kappa shape index (κ1) is 48.7. The lowest BCUT2D eigenvalue weighted by Crippen LogP contribution is -2.66. The third-order valence-electron chi connectivity index (χ3n) is 13.8. The van der Waals surface area contributed by atoms with Crippen molar-refractivity contribution >= 4 is 47.3 Å². The SMILES string of the molecule is CC[C@H](C)[C@@H]1NC(=O)C2(CCCCC2)NC(=O)[C@H](Cc2ccccc2)NC(=O)[C@H](Cc2ccccc2)NC(=O)[C@@H]2CCCN2C(=O)[C@@H]2CCCN2C(=O)[C@H](C(C)C)NC(=O)[C@@H](C)NC1=O. The van der Waals surface area contributed by atoms with Crippen molar-refractivity contribution in [3.63, 3.8) is 0 Å². The zero-order valence-electron chi connectivity index (χ0n) is 38.5. The van der Waals surface area contributed by atoms with Gasteiger partial charge in [0.1, 0.15) is 47.8 Å². The van der Waals surface area contributed by atoms with Crippen LogP contribution in [0.15, 0.2) is 60.7 Å². The first-order chi connectivity index (χ1) is 31.1. The third kappa shape index (κ3) is 11.7. The van der Waals surface area contributed by atoms with Crippen molar-refractivity contribution in [3.8, 4) is 0 Å². The molecule has 2 aromatic rings. The summed E-state index contributed by atoms with van der Waals surface area (Å²) >= 11 is 0. The highest BCUT2D eigenvalue weighted by Crippen LogP contribution is 2.30. The summed E-state index contributed by atoms with van der Waals surface area (Å²) in [4.78, 5) is 118. The molecule has 0 bridgehead atoms. The minimum absolute atomic E-state index is 0.0686. The zero-order valence-corrected chi connectivity index (χ0v) is 38.5. The maximum Gasteiger partial charge on any atom is 0.246 e. The lowest BCUT2D eigenvalue weighted by atomic mass is 9.80. The van der Waals surface area contributed by atoms with Crippen LogP contribution in [0.3, 0.4) is 0 Å². The summed E-state index contributed by atoms with van der Waals surface area (Å²) in [7, 11) is 0. The van der Waals surface area contributed by atoms with Gasteiger partial charge in [-0.2, -0.15) is 0 Å². The maximum absolute atomic E-state index is 14.7. The van der Waals surface area contributed by atoms with Crippen molar-refractivity contribution in [2.45, 2.75) is 160 Å². The molecule has 3 heterocycles. The van der Waals surface area contributed by atoms with Crippen molar-refractivity contribution in [3.05, 3.63) is 71.8 Å². The molecule has 4 fully saturated rings. The number of carbonyl (C=O) groups excluding carboxylic acids is 8. The van der Waals surface area contributed by atoms with Gasteiger partial charge in [0.2, 0.25) is 47.3 Å². The van der Waals surface area contributed by atoms with Crippen molar-refractivity contribution in [1.82, 2.24) is 41.7 Å². The molecular weight excluding hydrogens is 829 g/mol. The number of fused-ring (bicyclic) bond motifs is 2. The molecule has 65 heavy (non-hydrogen) atoms. The van der Waals surface area contributed by atoms with Crippen LogP contribution in [-0.2, 0) is 51.2 Å². The highest BCUT2D eigenvalue weighted by atomic mass is 16.2. The summed E-state index contributed by atoms with van der Waals surface area (Å²) in [5, 5.41) is 17.5. The molecule has 16 nitrogen and oxygen atoms in total. The number of amides is 8. The van der Waals surface area contributed by atoms with Crippen LogP contribution in [0.5, 0.6) is 0 Å². The molecule has 2 aromatic carbocycles. The van der Waals surface area contributed by atoms with Crippen LogP contribution in [0, 0.1) is 11.8 Å². The molecule has 0 radical (unpaired) electrons. The molecule has 8 amide bonds. The Morgan fingerprint density at radius 1 is 0.569 bits per heavy atom. The van der Waals surface area contributed by atoms with Gasteiger partial charge < -0.3 is 41.7 Å². The Labute approximate surface area is 382 Å². The molecule has 0 unspecified atom stereocenters. The summed E-state index contributed by atoms with van der Waals surface area (Å²) in [5.41, 5.74) is 0.0768. The molecule has 1 spiro atoms. The second-order valence-electron chi connectivity index (χ2n) is 18.8. The topological polar surface area (TPSA) is 215 Å². The lowest BCUT2D eigenvalue weighted by Gasteiger charge is -2.39. The lowest BCUT2D eigenvalue weighted by molar-refractivity contribution is -0.148. The Morgan fingerprint density at radius 3 is 1.68 bits per heavy atom. The quantitative estimate of drug-likeness (QED) is 0.242. The van der Waals surface area contributed by atoms with Gasteiger partial charge in [0.05, 0.1) is 0 Å². The number of hydrogen-bond acceptors (Lipinski definition) is 8. The van der Waals surface area contributed by atoms with E-state index in [1.54, 1.807) is 13.8 Å². The highest BCUT2D eigenvalue weighted by molar-refractivity contribution is 6.00. The van der Waals surface area contributed by atoms with E-state index in [9.17, 15) is 38.4 Å². The van der Waals surface area contributed by atoms with Gasteiger partial charge in [-0.25, -0.2) is 0 Å². The molecule has 1 aliphatic carbocycles. The highest BCUT2D eigenvalue weighted by Gasteiger charge is 2.47. The summed E-state index contributed by atoms with van der Waals surface area (Å²) in [6.45, 7) is 9.33. The van der Waals surface area contributed by atoms with Crippen LogP contribution in [0.4, 0.5) is 0 Å². The Kier molecular flexibility index (Phi) is 16.4. The Bertz CT molecular complexity index is 2040. The average molecular weight is 897 g/mol. The van der Waals surface area contributed by atoms with Gasteiger partial charge in [-0.15, -0.1) is 0 Å². The van der Waals surface area contributed by atoms with Crippen molar-refractivity contribution in [2.24, 2.45) is 11.8 Å². The molecule has 4 aliphatic rings. The van der Waals surface area contributed by atoms with E-state index in [4.69, 9.17) is 0 Å². The summed E-state index contributed by atoms with van der Waals surface area (Å²) in [5.74, 6) is -5.09. The Morgan fingerprint density at radius 2 is 1.11 bits per heavy atom. The minimum atomic E-state index is -1.42. The molecule has 8 atom stereocenters. The van der Waals surface area contributed by atoms with Gasteiger partial charge >= 0.3 is 0 Å².